The van der Waals surface area contributed by atoms with E-state index in [4.69, 9.17) is 22.1 Å². The van der Waals surface area contributed by atoms with Crippen molar-refractivity contribution in [1.82, 2.24) is 0 Å². The van der Waals surface area contributed by atoms with E-state index in [1.807, 2.05) is 6.07 Å². The molecule has 0 saturated carbocycles. The standard InChI is InChI=1S/C14H22ClNO/c1-3-5-6-11(4-2)10-17-12-7-8-14(16)13(15)9-12/h7-9,11H,3-6,10,16H2,1-2H3. The van der Waals surface area contributed by atoms with Crippen LogP contribution in [-0.4, -0.2) is 6.61 Å². The molecule has 1 unspecified atom stereocenters. The van der Waals surface area contributed by atoms with Crippen molar-refractivity contribution < 1.29 is 4.74 Å². The van der Waals surface area contributed by atoms with E-state index in [0.29, 0.717) is 16.6 Å². The van der Waals surface area contributed by atoms with Gasteiger partial charge in [0.15, 0.2) is 0 Å². The van der Waals surface area contributed by atoms with Gasteiger partial charge in [-0.2, -0.15) is 0 Å². The molecule has 2 N–H and O–H groups in total. The molecule has 3 heteroatoms. The SMILES string of the molecule is CCCCC(CC)COc1ccc(N)c(Cl)c1. The number of hydrogen-bond acceptors (Lipinski definition) is 2. The molecule has 0 aliphatic rings. The summed E-state index contributed by atoms with van der Waals surface area (Å²) in [6.45, 7) is 5.18. The third-order valence-corrected chi connectivity index (χ3v) is 3.33. The molecule has 2 nitrogen and oxygen atoms in total. The Balaban J connectivity index is 2.45. The van der Waals surface area contributed by atoms with Crippen LogP contribution in [0.2, 0.25) is 5.02 Å². The van der Waals surface area contributed by atoms with Crippen molar-refractivity contribution in [3.63, 3.8) is 0 Å². The van der Waals surface area contributed by atoms with Crippen LogP contribution >= 0.6 is 11.6 Å². The fourth-order valence-corrected chi connectivity index (χ4v) is 1.88. The fourth-order valence-electron chi connectivity index (χ4n) is 1.71. The number of nitrogen functional groups attached to an aromatic ring is 1. The summed E-state index contributed by atoms with van der Waals surface area (Å²) in [5.74, 6) is 1.44. The Morgan fingerprint density at radius 3 is 2.71 bits per heavy atom. The van der Waals surface area contributed by atoms with E-state index in [1.165, 1.54) is 19.3 Å². The molecule has 1 rings (SSSR count). The van der Waals surface area contributed by atoms with Gasteiger partial charge in [0, 0.05) is 6.07 Å². The van der Waals surface area contributed by atoms with Gasteiger partial charge in [-0.3, -0.25) is 0 Å². The Bertz CT molecular complexity index is 341. The second-order valence-electron chi connectivity index (χ2n) is 4.41. The van der Waals surface area contributed by atoms with Gasteiger partial charge in [-0.1, -0.05) is 44.7 Å². The molecule has 0 heterocycles. The monoisotopic (exact) mass is 255 g/mol. The maximum atomic E-state index is 5.94. The van der Waals surface area contributed by atoms with E-state index in [-0.39, 0.29) is 0 Å². The van der Waals surface area contributed by atoms with Crippen LogP contribution in [-0.2, 0) is 0 Å². The van der Waals surface area contributed by atoms with Crippen LogP contribution in [0.25, 0.3) is 0 Å². The van der Waals surface area contributed by atoms with Gasteiger partial charge in [0.05, 0.1) is 17.3 Å². The molecule has 1 aromatic carbocycles. The lowest BCUT2D eigenvalue weighted by atomic mass is 10.0. The van der Waals surface area contributed by atoms with E-state index < -0.39 is 0 Å². The highest BCUT2D eigenvalue weighted by Crippen LogP contribution is 2.25. The molecule has 1 atom stereocenters. The highest BCUT2D eigenvalue weighted by atomic mass is 35.5. The lowest BCUT2D eigenvalue weighted by Gasteiger charge is -2.15. The van der Waals surface area contributed by atoms with E-state index in [2.05, 4.69) is 13.8 Å². The lowest BCUT2D eigenvalue weighted by Crippen LogP contribution is -2.11. The Morgan fingerprint density at radius 1 is 1.35 bits per heavy atom. The maximum Gasteiger partial charge on any atom is 0.120 e. The van der Waals surface area contributed by atoms with Crippen molar-refractivity contribution in [3.05, 3.63) is 23.2 Å². The third kappa shape index (κ3) is 4.86. The molecule has 0 aliphatic heterocycles. The van der Waals surface area contributed by atoms with Crippen molar-refractivity contribution in [2.45, 2.75) is 39.5 Å². The molecule has 0 spiro atoms. The molecule has 0 amide bonds. The Morgan fingerprint density at radius 2 is 2.12 bits per heavy atom. The normalized spacial score (nSPS) is 12.4. The van der Waals surface area contributed by atoms with Crippen LogP contribution in [0.5, 0.6) is 5.75 Å². The van der Waals surface area contributed by atoms with Gasteiger partial charge in [-0.05, 0) is 24.5 Å². The molecule has 0 radical (unpaired) electrons. The van der Waals surface area contributed by atoms with Gasteiger partial charge in [0.25, 0.3) is 0 Å². The van der Waals surface area contributed by atoms with Crippen LogP contribution in [0.4, 0.5) is 5.69 Å². The number of anilines is 1. The van der Waals surface area contributed by atoms with Gasteiger partial charge in [-0.15, -0.1) is 0 Å². The smallest absolute Gasteiger partial charge is 0.120 e. The molecule has 0 aromatic heterocycles. The highest BCUT2D eigenvalue weighted by Gasteiger charge is 2.07. The zero-order chi connectivity index (χ0) is 12.7. The summed E-state index contributed by atoms with van der Waals surface area (Å²) in [4.78, 5) is 0. The average molecular weight is 256 g/mol. The van der Waals surface area contributed by atoms with E-state index in [0.717, 1.165) is 18.8 Å². The minimum atomic E-state index is 0.559. The Labute approximate surface area is 109 Å². The summed E-state index contributed by atoms with van der Waals surface area (Å²) in [6.07, 6.45) is 4.90. The van der Waals surface area contributed by atoms with Crippen LogP contribution < -0.4 is 10.5 Å². The number of unbranched alkanes of at least 4 members (excludes halogenated alkanes) is 1. The topological polar surface area (TPSA) is 35.2 Å². The molecule has 96 valence electrons. The predicted molar refractivity (Wildman–Crippen MR) is 74.7 cm³/mol. The van der Waals surface area contributed by atoms with Crippen LogP contribution in [0.15, 0.2) is 18.2 Å². The van der Waals surface area contributed by atoms with Crippen molar-refractivity contribution in [3.8, 4) is 5.75 Å². The zero-order valence-corrected chi connectivity index (χ0v) is 11.5. The summed E-state index contributed by atoms with van der Waals surface area (Å²) in [5, 5.41) is 0.559. The van der Waals surface area contributed by atoms with E-state index in [1.54, 1.807) is 12.1 Å². The summed E-state index contributed by atoms with van der Waals surface area (Å²) in [7, 11) is 0. The quantitative estimate of drug-likeness (QED) is 0.727. The number of hydrogen-bond donors (Lipinski definition) is 1. The van der Waals surface area contributed by atoms with Gasteiger partial charge in [0.1, 0.15) is 5.75 Å². The number of rotatable bonds is 7. The first kappa shape index (κ1) is 14.2. The fraction of sp³-hybridized carbons (Fsp3) is 0.571. The van der Waals surface area contributed by atoms with Crippen molar-refractivity contribution in [1.29, 1.82) is 0 Å². The average Bonchev–Trinajstić information content (AvgIpc) is 2.34. The summed E-state index contributed by atoms with van der Waals surface area (Å²) in [6, 6.07) is 5.43. The van der Waals surface area contributed by atoms with Crippen molar-refractivity contribution >= 4 is 17.3 Å². The maximum absolute atomic E-state index is 5.94. The summed E-state index contributed by atoms with van der Waals surface area (Å²) in [5.41, 5.74) is 6.24. The Kier molecular flexibility index (Phi) is 6.20. The molecule has 0 aliphatic carbocycles. The largest absolute Gasteiger partial charge is 0.493 e. The Hall–Kier alpha value is -0.890. The third-order valence-electron chi connectivity index (χ3n) is 3.00. The second kappa shape index (κ2) is 7.44. The van der Waals surface area contributed by atoms with Gasteiger partial charge in [0.2, 0.25) is 0 Å². The van der Waals surface area contributed by atoms with Crippen molar-refractivity contribution in [2.75, 3.05) is 12.3 Å². The highest BCUT2D eigenvalue weighted by molar-refractivity contribution is 6.33. The molecular formula is C14H22ClNO. The molecule has 0 bridgehead atoms. The lowest BCUT2D eigenvalue weighted by molar-refractivity contribution is 0.233. The van der Waals surface area contributed by atoms with Crippen LogP contribution in [0, 0.1) is 5.92 Å². The summed E-state index contributed by atoms with van der Waals surface area (Å²) >= 11 is 5.94. The van der Waals surface area contributed by atoms with Gasteiger partial charge >= 0.3 is 0 Å². The number of halogens is 1. The van der Waals surface area contributed by atoms with Gasteiger partial charge < -0.3 is 10.5 Å². The molecule has 17 heavy (non-hydrogen) atoms. The minimum absolute atomic E-state index is 0.559. The van der Waals surface area contributed by atoms with Gasteiger partial charge in [-0.25, -0.2) is 0 Å². The molecule has 0 saturated heterocycles. The zero-order valence-electron chi connectivity index (χ0n) is 10.7. The van der Waals surface area contributed by atoms with Crippen LogP contribution in [0.3, 0.4) is 0 Å². The first-order valence-electron chi connectivity index (χ1n) is 6.35. The van der Waals surface area contributed by atoms with E-state index >= 15 is 0 Å². The number of benzene rings is 1. The summed E-state index contributed by atoms with van der Waals surface area (Å²) < 4.78 is 5.75. The van der Waals surface area contributed by atoms with E-state index in [9.17, 15) is 0 Å². The molecule has 1 aromatic rings. The molecule has 0 fully saturated rings. The first-order chi connectivity index (χ1) is 8.17. The number of nitrogens with two attached hydrogens (primary N) is 1. The second-order valence-corrected chi connectivity index (χ2v) is 4.82. The van der Waals surface area contributed by atoms with Crippen LogP contribution in [0.1, 0.15) is 39.5 Å². The first-order valence-corrected chi connectivity index (χ1v) is 6.73. The van der Waals surface area contributed by atoms with Crippen molar-refractivity contribution in [2.24, 2.45) is 5.92 Å². The predicted octanol–water partition coefficient (Wildman–Crippen LogP) is 4.52. The number of ether oxygens (including phenoxy) is 1. The minimum Gasteiger partial charge on any atom is -0.493 e. The molecular weight excluding hydrogens is 234 g/mol.